The van der Waals surface area contributed by atoms with E-state index in [1.165, 1.54) is 6.07 Å². The molecule has 0 saturated carbocycles. The molecule has 1 aromatic rings. The number of nitrogens with one attached hydrogen (secondary N) is 2. The predicted octanol–water partition coefficient (Wildman–Crippen LogP) is 1.71. The highest BCUT2D eigenvalue weighted by Gasteiger charge is 2.18. The molecule has 116 valence electrons. The maximum atomic E-state index is 11.7. The van der Waals surface area contributed by atoms with Crippen LogP contribution in [-0.2, 0) is 0 Å². The Kier molecular flexibility index (Phi) is 6.10. The molecule has 1 amide bonds. The fourth-order valence-corrected chi connectivity index (χ4v) is 2.07. The second-order valence-corrected chi connectivity index (χ2v) is 5.16. The van der Waals surface area contributed by atoms with Gasteiger partial charge in [0.1, 0.15) is 5.69 Å². The summed E-state index contributed by atoms with van der Waals surface area (Å²) in [5, 5.41) is 16.9. The third kappa shape index (κ3) is 5.03. The van der Waals surface area contributed by atoms with Crippen molar-refractivity contribution in [3.05, 3.63) is 33.9 Å². The summed E-state index contributed by atoms with van der Waals surface area (Å²) in [6, 6.07) is 4.52. The standard InChI is InChI=1S/C14H22N4O3/c1-5-15-14(19)11-6-7-12(13(8-11)18(20)21)16-10(2)9-17(3)4/h6-8,10,16H,5,9H2,1-4H3,(H,15,19). The van der Waals surface area contributed by atoms with Gasteiger partial charge in [0.15, 0.2) is 0 Å². The molecule has 7 nitrogen and oxygen atoms in total. The quantitative estimate of drug-likeness (QED) is 0.590. The lowest BCUT2D eigenvalue weighted by atomic mass is 10.1. The summed E-state index contributed by atoms with van der Waals surface area (Å²) in [5.74, 6) is -0.312. The summed E-state index contributed by atoms with van der Waals surface area (Å²) < 4.78 is 0. The van der Waals surface area contributed by atoms with Gasteiger partial charge >= 0.3 is 0 Å². The topological polar surface area (TPSA) is 87.5 Å². The van der Waals surface area contributed by atoms with Crippen molar-refractivity contribution in [2.45, 2.75) is 19.9 Å². The number of hydrogen-bond donors (Lipinski definition) is 2. The predicted molar refractivity (Wildman–Crippen MR) is 82.7 cm³/mol. The molecular formula is C14H22N4O3. The normalized spacial score (nSPS) is 12.0. The number of benzene rings is 1. The number of rotatable bonds is 7. The van der Waals surface area contributed by atoms with Gasteiger partial charge in [0.2, 0.25) is 0 Å². The largest absolute Gasteiger partial charge is 0.376 e. The third-order valence-corrected chi connectivity index (χ3v) is 2.83. The molecule has 1 atom stereocenters. The molecule has 0 bridgehead atoms. The van der Waals surface area contributed by atoms with Gasteiger partial charge in [-0.2, -0.15) is 0 Å². The van der Waals surface area contributed by atoms with E-state index in [0.29, 0.717) is 12.2 Å². The van der Waals surface area contributed by atoms with E-state index >= 15 is 0 Å². The first-order valence-electron chi connectivity index (χ1n) is 6.83. The van der Waals surface area contributed by atoms with E-state index in [1.807, 2.05) is 25.9 Å². The SMILES string of the molecule is CCNC(=O)c1ccc(NC(C)CN(C)C)c([N+](=O)[O-])c1. The van der Waals surface area contributed by atoms with Crippen molar-refractivity contribution in [3.8, 4) is 0 Å². The van der Waals surface area contributed by atoms with Crippen LogP contribution < -0.4 is 10.6 Å². The molecule has 1 rings (SSSR count). The summed E-state index contributed by atoms with van der Waals surface area (Å²) in [4.78, 5) is 24.4. The number of anilines is 1. The minimum Gasteiger partial charge on any atom is -0.376 e. The van der Waals surface area contributed by atoms with Crippen LogP contribution >= 0.6 is 0 Å². The Bertz CT molecular complexity index is 517. The number of likely N-dealkylation sites (N-methyl/N-ethyl adjacent to an activating group) is 1. The fourth-order valence-electron chi connectivity index (χ4n) is 2.07. The van der Waals surface area contributed by atoms with Crippen LogP contribution in [0.5, 0.6) is 0 Å². The third-order valence-electron chi connectivity index (χ3n) is 2.83. The molecule has 0 aromatic heterocycles. The maximum absolute atomic E-state index is 11.7. The number of nitrogens with zero attached hydrogens (tertiary/aromatic N) is 2. The van der Waals surface area contributed by atoms with E-state index in [0.717, 1.165) is 6.54 Å². The Morgan fingerprint density at radius 2 is 2.10 bits per heavy atom. The van der Waals surface area contributed by atoms with Crippen molar-refractivity contribution in [1.29, 1.82) is 0 Å². The van der Waals surface area contributed by atoms with Gasteiger partial charge in [-0.1, -0.05) is 0 Å². The van der Waals surface area contributed by atoms with Crippen LogP contribution in [0.25, 0.3) is 0 Å². The molecule has 21 heavy (non-hydrogen) atoms. The highest BCUT2D eigenvalue weighted by atomic mass is 16.6. The van der Waals surface area contributed by atoms with E-state index in [4.69, 9.17) is 0 Å². The molecular weight excluding hydrogens is 272 g/mol. The summed E-state index contributed by atoms with van der Waals surface area (Å²) in [7, 11) is 3.87. The van der Waals surface area contributed by atoms with Crippen LogP contribution in [0.4, 0.5) is 11.4 Å². The Morgan fingerprint density at radius 1 is 1.43 bits per heavy atom. The smallest absolute Gasteiger partial charge is 0.293 e. The number of carbonyl (C=O) groups excluding carboxylic acids is 1. The Balaban J connectivity index is 2.99. The first-order chi connectivity index (χ1) is 9.85. The number of hydrogen-bond acceptors (Lipinski definition) is 5. The molecule has 0 radical (unpaired) electrons. The number of amides is 1. The Hall–Kier alpha value is -2.15. The van der Waals surface area contributed by atoms with Gasteiger partial charge in [-0.3, -0.25) is 14.9 Å². The molecule has 0 aliphatic rings. The van der Waals surface area contributed by atoms with Gasteiger partial charge in [0.05, 0.1) is 4.92 Å². The lowest BCUT2D eigenvalue weighted by molar-refractivity contribution is -0.384. The van der Waals surface area contributed by atoms with Crippen LogP contribution in [0.3, 0.4) is 0 Å². The molecule has 0 aliphatic carbocycles. The molecule has 0 spiro atoms. The molecule has 2 N–H and O–H groups in total. The van der Waals surface area contributed by atoms with Crippen molar-refractivity contribution in [2.75, 3.05) is 32.5 Å². The first kappa shape index (κ1) is 16.9. The average molecular weight is 294 g/mol. The van der Waals surface area contributed by atoms with Gasteiger partial charge in [0.25, 0.3) is 11.6 Å². The average Bonchev–Trinajstić information content (AvgIpc) is 2.38. The summed E-state index contributed by atoms with van der Waals surface area (Å²) in [5.41, 5.74) is 0.612. The second kappa shape index (κ2) is 7.58. The molecule has 0 fully saturated rings. The highest BCUT2D eigenvalue weighted by molar-refractivity contribution is 5.95. The van der Waals surface area contributed by atoms with Crippen LogP contribution in [0.15, 0.2) is 18.2 Å². The lowest BCUT2D eigenvalue weighted by Crippen LogP contribution is -2.30. The number of nitro benzene ring substituents is 1. The Labute approximate surface area is 124 Å². The van der Waals surface area contributed by atoms with Crippen LogP contribution in [0.1, 0.15) is 24.2 Å². The second-order valence-electron chi connectivity index (χ2n) is 5.16. The van der Waals surface area contributed by atoms with Crippen LogP contribution in [0, 0.1) is 10.1 Å². The summed E-state index contributed by atoms with van der Waals surface area (Å²) in [6.45, 7) is 4.97. The van der Waals surface area contributed by atoms with Crippen molar-refractivity contribution in [1.82, 2.24) is 10.2 Å². The van der Waals surface area contributed by atoms with Crippen LogP contribution in [0.2, 0.25) is 0 Å². The molecule has 1 unspecified atom stereocenters. The van der Waals surface area contributed by atoms with Gasteiger partial charge in [-0.25, -0.2) is 0 Å². The lowest BCUT2D eigenvalue weighted by Gasteiger charge is -2.19. The minimum atomic E-state index is -0.479. The van der Waals surface area contributed by atoms with Gasteiger partial charge in [-0.15, -0.1) is 0 Å². The fraction of sp³-hybridized carbons (Fsp3) is 0.500. The van der Waals surface area contributed by atoms with E-state index in [1.54, 1.807) is 19.1 Å². The van der Waals surface area contributed by atoms with Crippen LogP contribution in [-0.4, -0.2) is 49.0 Å². The summed E-state index contributed by atoms with van der Waals surface area (Å²) >= 11 is 0. The van der Waals surface area contributed by atoms with Gasteiger partial charge in [-0.05, 0) is 40.1 Å². The van der Waals surface area contributed by atoms with E-state index in [9.17, 15) is 14.9 Å². The Morgan fingerprint density at radius 3 is 2.62 bits per heavy atom. The highest BCUT2D eigenvalue weighted by Crippen LogP contribution is 2.26. The van der Waals surface area contributed by atoms with Gasteiger partial charge < -0.3 is 15.5 Å². The van der Waals surface area contributed by atoms with E-state index < -0.39 is 4.92 Å². The van der Waals surface area contributed by atoms with Crippen molar-refractivity contribution in [3.63, 3.8) is 0 Å². The maximum Gasteiger partial charge on any atom is 0.293 e. The first-order valence-corrected chi connectivity index (χ1v) is 6.83. The number of carbonyl (C=O) groups is 1. The molecule has 7 heteroatoms. The van der Waals surface area contributed by atoms with E-state index in [-0.39, 0.29) is 23.2 Å². The summed E-state index contributed by atoms with van der Waals surface area (Å²) in [6.07, 6.45) is 0. The molecule has 0 heterocycles. The van der Waals surface area contributed by atoms with Crippen molar-refractivity contribution < 1.29 is 9.72 Å². The molecule has 0 aliphatic heterocycles. The minimum absolute atomic E-state index is 0.0500. The van der Waals surface area contributed by atoms with E-state index in [2.05, 4.69) is 10.6 Å². The van der Waals surface area contributed by atoms with Crippen molar-refractivity contribution in [2.24, 2.45) is 0 Å². The molecule has 1 aromatic carbocycles. The molecule has 0 saturated heterocycles. The number of nitro groups is 1. The zero-order valence-electron chi connectivity index (χ0n) is 12.8. The monoisotopic (exact) mass is 294 g/mol. The zero-order chi connectivity index (χ0) is 16.0. The van der Waals surface area contributed by atoms with Gasteiger partial charge in [0, 0.05) is 30.8 Å². The zero-order valence-corrected chi connectivity index (χ0v) is 12.8. The van der Waals surface area contributed by atoms with Crippen molar-refractivity contribution >= 4 is 17.3 Å².